The van der Waals surface area contributed by atoms with Crippen molar-refractivity contribution in [2.75, 3.05) is 6.61 Å². The highest BCUT2D eigenvalue weighted by Gasteiger charge is 2.18. The number of hydrogen-bond acceptors (Lipinski definition) is 7. The third-order valence-corrected chi connectivity index (χ3v) is 5.75. The number of ketones is 1. The molecule has 0 aliphatic heterocycles. The van der Waals surface area contributed by atoms with Crippen LogP contribution in [0.4, 0.5) is 0 Å². The zero-order valence-electron chi connectivity index (χ0n) is 13.7. The number of ether oxygens (including phenoxy) is 1. The van der Waals surface area contributed by atoms with Crippen molar-refractivity contribution >= 4 is 44.6 Å². The molecule has 5 nitrogen and oxygen atoms in total. The van der Waals surface area contributed by atoms with Crippen LogP contribution in [-0.4, -0.2) is 23.3 Å². The van der Waals surface area contributed by atoms with E-state index in [9.17, 15) is 9.59 Å². The highest BCUT2D eigenvalue weighted by atomic mass is 32.1. The number of para-hydroxylation sites is 1. The first kappa shape index (κ1) is 16.7. The number of aryl methyl sites for hydroxylation is 1. The number of furan rings is 1. The van der Waals surface area contributed by atoms with Gasteiger partial charge in [-0.15, -0.1) is 22.7 Å². The van der Waals surface area contributed by atoms with Gasteiger partial charge in [-0.1, -0.05) is 12.1 Å². The fourth-order valence-electron chi connectivity index (χ4n) is 2.40. The molecule has 0 saturated heterocycles. The van der Waals surface area contributed by atoms with Gasteiger partial charge in [0.2, 0.25) is 11.5 Å². The molecule has 0 aliphatic rings. The highest BCUT2D eigenvalue weighted by Crippen LogP contribution is 2.31. The lowest BCUT2D eigenvalue weighted by Gasteiger charge is -2.00. The molecule has 4 aromatic rings. The van der Waals surface area contributed by atoms with Crippen LogP contribution in [0.2, 0.25) is 0 Å². The number of carbonyl (C=O) groups excluding carboxylic acids is 2. The van der Waals surface area contributed by atoms with E-state index in [0.717, 1.165) is 15.1 Å². The number of aromatic nitrogens is 1. The fraction of sp³-hybridized carbons (Fsp3) is 0.105. The van der Waals surface area contributed by atoms with Gasteiger partial charge in [0, 0.05) is 4.88 Å². The van der Waals surface area contributed by atoms with E-state index >= 15 is 0 Å². The first-order valence-electron chi connectivity index (χ1n) is 7.83. The van der Waals surface area contributed by atoms with E-state index in [1.807, 2.05) is 37.3 Å². The van der Waals surface area contributed by atoms with Gasteiger partial charge in [-0.05, 0) is 43.3 Å². The van der Waals surface area contributed by atoms with Crippen LogP contribution < -0.4 is 0 Å². The van der Waals surface area contributed by atoms with Crippen molar-refractivity contribution in [3.63, 3.8) is 0 Å². The summed E-state index contributed by atoms with van der Waals surface area (Å²) >= 11 is 2.86. The van der Waals surface area contributed by atoms with Gasteiger partial charge in [-0.25, -0.2) is 9.78 Å². The molecule has 0 radical (unpaired) electrons. The second kappa shape index (κ2) is 6.86. The highest BCUT2D eigenvalue weighted by molar-refractivity contribution is 7.21. The molecule has 0 saturated carbocycles. The van der Waals surface area contributed by atoms with E-state index in [0.29, 0.717) is 15.6 Å². The smallest absolute Gasteiger partial charge is 0.374 e. The van der Waals surface area contributed by atoms with Crippen LogP contribution in [0.1, 0.15) is 25.1 Å². The number of fused-ring (bicyclic) bond motifs is 1. The molecule has 0 amide bonds. The number of hydrogen-bond donors (Lipinski definition) is 0. The van der Waals surface area contributed by atoms with Crippen LogP contribution in [0.3, 0.4) is 0 Å². The van der Waals surface area contributed by atoms with Gasteiger partial charge in [-0.3, -0.25) is 4.79 Å². The van der Waals surface area contributed by atoms with Crippen molar-refractivity contribution < 1.29 is 18.7 Å². The second-order valence-electron chi connectivity index (χ2n) is 5.56. The van der Waals surface area contributed by atoms with Crippen LogP contribution in [0.5, 0.6) is 0 Å². The predicted octanol–water partition coefficient (Wildman–Crippen LogP) is 4.97. The average molecular weight is 383 g/mol. The number of thiazole rings is 1. The average Bonchev–Trinajstić information content (AvgIpc) is 3.37. The minimum absolute atomic E-state index is 0.0504. The Labute approximate surface area is 156 Å². The molecule has 0 spiro atoms. The van der Waals surface area contributed by atoms with Crippen molar-refractivity contribution in [1.82, 2.24) is 4.98 Å². The van der Waals surface area contributed by atoms with E-state index in [1.165, 1.54) is 28.7 Å². The number of rotatable bonds is 5. The van der Waals surface area contributed by atoms with Gasteiger partial charge in [0.1, 0.15) is 0 Å². The lowest BCUT2D eigenvalue weighted by atomic mass is 10.3. The molecule has 0 atom stereocenters. The number of Topliss-reactive ketones (excluding diaryl/α,β-unsaturated/α-hetero) is 1. The van der Waals surface area contributed by atoms with E-state index in [4.69, 9.17) is 9.15 Å². The molecule has 0 aliphatic carbocycles. The van der Waals surface area contributed by atoms with Crippen LogP contribution in [0, 0.1) is 6.92 Å². The Morgan fingerprint density at radius 1 is 1.08 bits per heavy atom. The molecule has 26 heavy (non-hydrogen) atoms. The molecule has 0 unspecified atom stereocenters. The molecule has 0 N–H and O–H groups in total. The number of nitrogens with zero attached hydrogens (tertiary/aromatic N) is 1. The standard InChI is InChI=1S/C19H13NO4S2/c1-11-6-9-17(25-11)13(21)10-23-19(22)15-8-7-14(24-15)18-20-12-4-2-3-5-16(12)26-18/h2-9H,10H2,1H3. The number of esters is 1. The monoisotopic (exact) mass is 383 g/mol. The van der Waals surface area contributed by atoms with E-state index < -0.39 is 5.97 Å². The molecular weight excluding hydrogens is 370 g/mol. The zero-order valence-corrected chi connectivity index (χ0v) is 15.4. The summed E-state index contributed by atoms with van der Waals surface area (Å²) in [5.41, 5.74) is 0.880. The SMILES string of the molecule is Cc1ccc(C(=O)COC(=O)c2ccc(-c3nc4ccccc4s3)o2)s1. The van der Waals surface area contributed by atoms with Crippen LogP contribution in [0.25, 0.3) is 21.0 Å². The predicted molar refractivity (Wildman–Crippen MR) is 101 cm³/mol. The quantitative estimate of drug-likeness (QED) is 0.360. The molecule has 3 aromatic heterocycles. The topological polar surface area (TPSA) is 69.4 Å². The maximum atomic E-state index is 12.1. The number of carbonyl (C=O) groups is 2. The van der Waals surface area contributed by atoms with Crippen LogP contribution >= 0.6 is 22.7 Å². The summed E-state index contributed by atoms with van der Waals surface area (Å²) < 4.78 is 11.7. The molecule has 0 bridgehead atoms. The lowest BCUT2D eigenvalue weighted by molar-refractivity contribution is 0.0446. The maximum Gasteiger partial charge on any atom is 0.374 e. The van der Waals surface area contributed by atoms with Crippen molar-refractivity contribution in [1.29, 1.82) is 0 Å². The molecule has 130 valence electrons. The largest absolute Gasteiger partial charge is 0.451 e. The van der Waals surface area contributed by atoms with E-state index in [-0.39, 0.29) is 18.2 Å². The first-order valence-corrected chi connectivity index (χ1v) is 9.46. The minimum atomic E-state index is -0.668. The van der Waals surface area contributed by atoms with Gasteiger partial charge in [0.05, 0.1) is 15.1 Å². The summed E-state index contributed by atoms with van der Waals surface area (Å²) in [4.78, 5) is 30.2. The molecule has 0 fully saturated rings. The van der Waals surface area contributed by atoms with E-state index in [2.05, 4.69) is 4.98 Å². The van der Waals surface area contributed by atoms with E-state index in [1.54, 1.807) is 12.1 Å². The van der Waals surface area contributed by atoms with Gasteiger partial charge in [0.25, 0.3) is 0 Å². The van der Waals surface area contributed by atoms with Gasteiger partial charge >= 0.3 is 5.97 Å². The van der Waals surface area contributed by atoms with Crippen molar-refractivity contribution in [3.05, 3.63) is 64.0 Å². The summed E-state index contributed by atoms with van der Waals surface area (Å²) in [6.07, 6.45) is 0. The number of thiophene rings is 1. The normalized spacial score (nSPS) is 11.0. The third-order valence-electron chi connectivity index (χ3n) is 3.66. The number of benzene rings is 1. The van der Waals surface area contributed by atoms with Crippen molar-refractivity contribution in [2.24, 2.45) is 0 Å². The fourth-order valence-corrected chi connectivity index (χ4v) is 4.12. The first-order chi connectivity index (χ1) is 12.6. The second-order valence-corrected chi connectivity index (χ2v) is 7.88. The molecule has 7 heteroatoms. The lowest BCUT2D eigenvalue weighted by Crippen LogP contribution is -2.12. The molecule has 1 aromatic carbocycles. The van der Waals surface area contributed by atoms with Crippen LogP contribution in [-0.2, 0) is 4.74 Å². The summed E-state index contributed by atoms with van der Waals surface area (Å²) in [6.45, 7) is 1.61. The van der Waals surface area contributed by atoms with Crippen molar-refractivity contribution in [3.8, 4) is 10.8 Å². The Balaban J connectivity index is 1.45. The zero-order chi connectivity index (χ0) is 18.1. The Bertz CT molecular complexity index is 1070. The molecule has 4 rings (SSSR count). The van der Waals surface area contributed by atoms with Crippen molar-refractivity contribution in [2.45, 2.75) is 6.92 Å². The summed E-state index contributed by atoms with van der Waals surface area (Å²) in [5.74, 6) is -0.346. The maximum absolute atomic E-state index is 12.1. The Hall–Kier alpha value is -2.77. The molecule has 3 heterocycles. The Morgan fingerprint density at radius 2 is 1.92 bits per heavy atom. The Morgan fingerprint density at radius 3 is 2.69 bits per heavy atom. The summed E-state index contributed by atoms with van der Waals surface area (Å²) in [6, 6.07) is 14.6. The summed E-state index contributed by atoms with van der Waals surface area (Å²) in [7, 11) is 0. The van der Waals surface area contributed by atoms with Gasteiger partial charge < -0.3 is 9.15 Å². The summed E-state index contributed by atoms with van der Waals surface area (Å²) in [5, 5.41) is 0.690. The Kier molecular flexibility index (Phi) is 4.40. The van der Waals surface area contributed by atoms with Gasteiger partial charge in [0.15, 0.2) is 17.4 Å². The van der Waals surface area contributed by atoms with Crippen LogP contribution in [0.15, 0.2) is 52.9 Å². The third kappa shape index (κ3) is 3.31. The molecular formula is C19H13NO4S2. The minimum Gasteiger partial charge on any atom is -0.451 e. The van der Waals surface area contributed by atoms with Gasteiger partial charge in [-0.2, -0.15) is 0 Å².